The van der Waals surface area contributed by atoms with E-state index < -0.39 is 23.9 Å². The van der Waals surface area contributed by atoms with Gasteiger partial charge in [0.25, 0.3) is 0 Å². The fourth-order valence-electron chi connectivity index (χ4n) is 2.26. The van der Waals surface area contributed by atoms with Gasteiger partial charge in [0.15, 0.2) is 0 Å². The second-order valence-electron chi connectivity index (χ2n) is 5.33. The number of benzene rings is 2. The van der Waals surface area contributed by atoms with Gasteiger partial charge in [-0.25, -0.2) is 9.18 Å². The van der Waals surface area contributed by atoms with Gasteiger partial charge >= 0.3 is 12.1 Å². The lowest BCUT2D eigenvalue weighted by Gasteiger charge is -2.17. The molecule has 2 aromatic carbocycles. The van der Waals surface area contributed by atoms with Crippen molar-refractivity contribution in [2.75, 3.05) is 0 Å². The van der Waals surface area contributed by atoms with Crippen LogP contribution in [0.4, 0.5) is 9.18 Å². The summed E-state index contributed by atoms with van der Waals surface area (Å²) in [5.74, 6) is -1.46. The first-order valence-electron chi connectivity index (χ1n) is 7.46. The Morgan fingerprint density at radius 3 is 2.46 bits per heavy atom. The van der Waals surface area contributed by atoms with Crippen LogP contribution in [0.2, 0.25) is 0 Å². The summed E-state index contributed by atoms with van der Waals surface area (Å²) in [7, 11) is 0. The quantitative estimate of drug-likeness (QED) is 0.817. The van der Waals surface area contributed by atoms with Gasteiger partial charge in [0.2, 0.25) is 0 Å². The number of carbonyl (C=O) groups excluding carboxylic acids is 1. The number of amides is 1. The number of carboxylic acids is 1. The van der Waals surface area contributed by atoms with Crippen molar-refractivity contribution >= 4 is 12.1 Å². The van der Waals surface area contributed by atoms with Gasteiger partial charge in [-0.1, -0.05) is 42.5 Å². The second-order valence-corrected chi connectivity index (χ2v) is 5.33. The summed E-state index contributed by atoms with van der Waals surface area (Å²) in [6.45, 7) is 0.0897. The van der Waals surface area contributed by atoms with Crippen molar-refractivity contribution in [2.24, 2.45) is 0 Å². The molecule has 0 heterocycles. The smallest absolute Gasteiger partial charge is 0.407 e. The first-order valence-corrected chi connectivity index (χ1v) is 7.46. The molecule has 0 aliphatic heterocycles. The highest BCUT2D eigenvalue weighted by Crippen LogP contribution is 2.09. The third kappa shape index (κ3) is 6.08. The van der Waals surface area contributed by atoms with Crippen LogP contribution >= 0.6 is 0 Å². The minimum absolute atomic E-state index is 0.0897. The lowest BCUT2D eigenvalue weighted by molar-refractivity contribution is -0.137. The second kappa shape index (κ2) is 8.67. The standard InChI is InChI=1S/C18H18FNO4/c19-15-8-4-7-14(9-15)10-16(11-17(21)22)20-18(23)24-12-13-5-2-1-3-6-13/h1-9,16H,10-12H2,(H,20,23)(H,21,22)/t16-/m0/s1. The van der Waals surface area contributed by atoms with E-state index in [-0.39, 0.29) is 19.4 Å². The molecule has 24 heavy (non-hydrogen) atoms. The molecule has 0 saturated heterocycles. The first kappa shape index (κ1) is 17.5. The zero-order valence-electron chi connectivity index (χ0n) is 12.9. The third-order valence-electron chi connectivity index (χ3n) is 3.33. The SMILES string of the molecule is O=C(O)C[C@H](Cc1cccc(F)c1)NC(=O)OCc1ccccc1. The fraction of sp³-hybridized carbons (Fsp3) is 0.222. The molecule has 0 fully saturated rings. The Morgan fingerprint density at radius 1 is 1.08 bits per heavy atom. The van der Waals surface area contributed by atoms with Crippen LogP contribution in [-0.4, -0.2) is 23.2 Å². The number of carbonyl (C=O) groups is 2. The summed E-state index contributed by atoms with van der Waals surface area (Å²) < 4.78 is 18.3. The Hall–Kier alpha value is -2.89. The van der Waals surface area contributed by atoms with Crippen LogP contribution in [0.3, 0.4) is 0 Å². The number of hydrogen-bond donors (Lipinski definition) is 2. The normalized spacial score (nSPS) is 11.5. The largest absolute Gasteiger partial charge is 0.481 e. The van der Waals surface area contributed by atoms with Gasteiger partial charge < -0.3 is 15.2 Å². The minimum atomic E-state index is -1.06. The summed E-state index contributed by atoms with van der Waals surface area (Å²) in [4.78, 5) is 22.8. The van der Waals surface area contributed by atoms with Crippen LogP contribution in [0.1, 0.15) is 17.5 Å². The molecule has 0 spiro atoms. The van der Waals surface area contributed by atoms with Crippen LogP contribution in [0.15, 0.2) is 54.6 Å². The number of alkyl carbamates (subject to hydrolysis) is 1. The molecule has 0 unspecified atom stereocenters. The Bertz CT molecular complexity index is 690. The number of hydrogen-bond acceptors (Lipinski definition) is 3. The Labute approximate surface area is 139 Å². The summed E-state index contributed by atoms with van der Waals surface area (Å²) in [5, 5.41) is 11.5. The molecule has 0 bridgehead atoms. The lowest BCUT2D eigenvalue weighted by Crippen LogP contribution is -2.38. The molecule has 5 nitrogen and oxygen atoms in total. The summed E-state index contributed by atoms with van der Waals surface area (Å²) in [6.07, 6.45) is -0.789. The summed E-state index contributed by atoms with van der Waals surface area (Å²) in [6, 6.07) is 14.3. The van der Waals surface area contributed by atoms with E-state index in [1.165, 1.54) is 18.2 Å². The van der Waals surface area contributed by atoms with E-state index in [0.717, 1.165) is 5.56 Å². The van der Waals surface area contributed by atoms with Crippen LogP contribution < -0.4 is 5.32 Å². The number of aliphatic carboxylic acids is 1. The average Bonchev–Trinajstić information content (AvgIpc) is 2.53. The number of carboxylic acid groups (broad SMARTS) is 1. The van der Waals surface area contributed by atoms with Gasteiger partial charge in [-0.15, -0.1) is 0 Å². The predicted molar refractivity (Wildman–Crippen MR) is 85.9 cm³/mol. The molecule has 1 atom stereocenters. The molecule has 0 radical (unpaired) electrons. The molecular formula is C18H18FNO4. The van der Waals surface area contributed by atoms with E-state index in [1.807, 2.05) is 30.3 Å². The van der Waals surface area contributed by atoms with Gasteiger partial charge in [0.1, 0.15) is 12.4 Å². The highest BCUT2D eigenvalue weighted by molar-refractivity contribution is 5.71. The zero-order chi connectivity index (χ0) is 17.4. The molecule has 0 saturated carbocycles. The molecule has 2 aromatic rings. The van der Waals surface area contributed by atoms with Gasteiger partial charge in [-0.05, 0) is 29.7 Å². The fourth-order valence-corrected chi connectivity index (χ4v) is 2.26. The molecule has 1 amide bonds. The molecule has 2 rings (SSSR count). The zero-order valence-corrected chi connectivity index (χ0v) is 12.9. The third-order valence-corrected chi connectivity index (χ3v) is 3.33. The number of nitrogens with one attached hydrogen (secondary N) is 1. The topological polar surface area (TPSA) is 75.6 Å². The van der Waals surface area contributed by atoms with E-state index in [1.54, 1.807) is 6.07 Å². The predicted octanol–water partition coefficient (Wildman–Crippen LogP) is 3.14. The maximum atomic E-state index is 13.2. The van der Waals surface area contributed by atoms with Crippen molar-refractivity contribution in [3.05, 3.63) is 71.5 Å². The molecule has 126 valence electrons. The van der Waals surface area contributed by atoms with Gasteiger partial charge in [0, 0.05) is 6.04 Å². The van der Waals surface area contributed by atoms with Gasteiger partial charge in [-0.3, -0.25) is 4.79 Å². The molecule has 2 N–H and O–H groups in total. The van der Waals surface area contributed by atoms with Crippen LogP contribution in [0.25, 0.3) is 0 Å². The van der Waals surface area contributed by atoms with E-state index in [4.69, 9.17) is 9.84 Å². The van der Waals surface area contributed by atoms with Crippen molar-refractivity contribution in [2.45, 2.75) is 25.5 Å². The molecule has 0 aromatic heterocycles. The lowest BCUT2D eigenvalue weighted by atomic mass is 10.0. The van der Waals surface area contributed by atoms with Crippen molar-refractivity contribution < 1.29 is 23.8 Å². The number of ether oxygens (including phenoxy) is 1. The van der Waals surface area contributed by atoms with Crippen LogP contribution in [-0.2, 0) is 22.6 Å². The van der Waals surface area contributed by atoms with E-state index in [0.29, 0.717) is 5.56 Å². The highest BCUT2D eigenvalue weighted by Gasteiger charge is 2.17. The highest BCUT2D eigenvalue weighted by atomic mass is 19.1. The maximum absolute atomic E-state index is 13.2. The number of rotatable bonds is 7. The molecule has 0 aliphatic carbocycles. The Balaban J connectivity index is 1.92. The van der Waals surface area contributed by atoms with Gasteiger partial charge in [-0.2, -0.15) is 0 Å². The summed E-state index contributed by atoms with van der Waals surface area (Å²) >= 11 is 0. The molecule has 6 heteroatoms. The van der Waals surface area contributed by atoms with Gasteiger partial charge in [0.05, 0.1) is 6.42 Å². The van der Waals surface area contributed by atoms with Crippen molar-refractivity contribution in [1.29, 1.82) is 0 Å². The van der Waals surface area contributed by atoms with E-state index in [9.17, 15) is 14.0 Å². The molecular weight excluding hydrogens is 313 g/mol. The summed E-state index contributed by atoms with van der Waals surface area (Å²) in [5.41, 5.74) is 1.43. The first-order chi connectivity index (χ1) is 11.5. The monoisotopic (exact) mass is 331 g/mol. The molecule has 0 aliphatic rings. The van der Waals surface area contributed by atoms with E-state index in [2.05, 4.69) is 5.32 Å². The minimum Gasteiger partial charge on any atom is -0.481 e. The van der Waals surface area contributed by atoms with Crippen molar-refractivity contribution in [1.82, 2.24) is 5.32 Å². The van der Waals surface area contributed by atoms with Crippen molar-refractivity contribution in [3.8, 4) is 0 Å². The average molecular weight is 331 g/mol. The van der Waals surface area contributed by atoms with E-state index >= 15 is 0 Å². The Morgan fingerprint density at radius 2 is 1.79 bits per heavy atom. The van der Waals surface area contributed by atoms with Crippen LogP contribution in [0, 0.1) is 5.82 Å². The van der Waals surface area contributed by atoms with Crippen molar-refractivity contribution in [3.63, 3.8) is 0 Å². The van der Waals surface area contributed by atoms with Crippen LogP contribution in [0.5, 0.6) is 0 Å². The number of halogens is 1. The Kier molecular flexibility index (Phi) is 6.31. The maximum Gasteiger partial charge on any atom is 0.407 e.